The van der Waals surface area contributed by atoms with E-state index in [0.29, 0.717) is 42.3 Å². The van der Waals surface area contributed by atoms with Gasteiger partial charge in [0.2, 0.25) is 5.90 Å². The second-order valence-corrected chi connectivity index (χ2v) is 10.3. The Labute approximate surface area is 232 Å². The number of nitriles is 1. The third-order valence-corrected chi connectivity index (χ3v) is 7.20. The molecule has 1 aromatic rings. The average Bonchev–Trinajstić information content (AvgIpc) is 3.15. The van der Waals surface area contributed by atoms with Crippen LogP contribution in [-0.4, -0.2) is 55.5 Å². The quantitative estimate of drug-likeness (QED) is 0.144. The predicted molar refractivity (Wildman–Crippen MR) is 155 cm³/mol. The van der Waals surface area contributed by atoms with Gasteiger partial charge < -0.3 is 25.4 Å². The van der Waals surface area contributed by atoms with Gasteiger partial charge in [0.05, 0.1) is 36.1 Å². The van der Waals surface area contributed by atoms with Crippen molar-refractivity contribution in [1.29, 1.82) is 5.26 Å². The summed E-state index contributed by atoms with van der Waals surface area (Å²) < 4.78 is 11.8. The van der Waals surface area contributed by atoms with Gasteiger partial charge in [0.15, 0.2) is 5.79 Å². The Morgan fingerprint density at radius 2 is 1.97 bits per heavy atom. The monoisotopic (exact) mass is 534 g/mol. The Morgan fingerprint density at radius 1 is 1.28 bits per heavy atom. The summed E-state index contributed by atoms with van der Waals surface area (Å²) in [5, 5.41) is 12.7. The van der Waals surface area contributed by atoms with E-state index in [0.717, 1.165) is 43.5 Å². The van der Waals surface area contributed by atoms with Gasteiger partial charge in [-0.3, -0.25) is 4.90 Å². The SMILES string of the molecule is C=C(NCCC)\C(C#N)=C/C(=C\N)C(=N/C(=C)c1ccc2c(c1C)CCN(C1COC(C)(C)OC1)CC2)/ON. The molecule has 210 valence electrons. The molecule has 2 heterocycles. The third kappa shape index (κ3) is 7.58. The number of hydrogen-bond donors (Lipinski definition) is 3. The van der Waals surface area contributed by atoms with Gasteiger partial charge in [0.25, 0.3) is 0 Å². The van der Waals surface area contributed by atoms with E-state index in [9.17, 15) is 5.26 Å². The molecule has 1 aromatic carbocycles. The van der Waals surface area contributed by atoms with Crippen LogP contribution in [0.25, 0.3) is 5.70 Å². The Hall–Kier alpha value is -3.42. The van der Waals surface area contributed by atoms with Crippen molar-refractivity contribution in [1.82, 2.24) is 10.2 Å². The normalized spacial score (nSPS) is 19.0. The number of fused-ring (bicyclic) bond motifs is 1. The lowest BCUT2D eigenvalue weighted by atomic mass is 9.93. The van der Waals surface area contributed by atoms with E-state index in [2.05, 4.69) is 47.4 Å². The fraction of sp³-hybridized carbons (Fsp3) is 0.467. The molecule has 0 spiro atoms. The first-order valence-electron chi connectivity index (χ1n) is 13.4. The topological polar surface area (TPSA) is 131 Å². The lowest BCUT2D eigenvalue weighted by molar-refractivity contribution is -0.263. The van der Waals surface area contributed by atoms with Gasteiger partial charge in [-0.05, 0) is 62.8 Å². The van der Waals surface area contributed by atoms with Gasteiger partial charge in [-0.1, -0.05) is 32.2 Å². The molecule has 0 aromatic heterocycles. The van der Waals surface area contributed by atoms with Crippen LogP contribution >= 0.6 is 0 Å². The highest BCUT2D eigenvalue weighted by atomic mass is 16.7. The van der Waals surface area contributed by atoms with Crippen molar-refractivity contribution in [3.8, 4) is 6.07 Å². The van der Waals surface area contributed by atoms with E-state index in [1.165, 1.54) is 17.3 Å². The minimum Gasteiger partial charge on any atom is -0.404 e. The average molecular weight is 535 g/mol. The summed E-state index contributed by atoms with van der Waals surface area (Å²) in [6.07, 6.45) is 5.59. The molecule has 0 radical (unpaired) electrons. The lowest BCUT2D eigenvalue weighted by Crippen LogP contribution is -2.51. The highest BCUT2D eigenvalue weighted by Gasteiger charge is 2.32. The van der Waals surface area contributed by atoms with E-state index in [1.54, 1.807) is 6.08 Å². The largest absolute Gasteiger partial charge is 0.404 e. The molecule has 39 heavy (non-hydrogen) atoms. The number of nitrogens with one attached hydrogen (secondary N) is 1. The van der Waals surface area contributed by atoms with E-state index >= 15 is 0 Å². The van der Waals surface area contributed by atoms with Crippen molar-refractivity contribution >= 4 is 11.6 Å². The fourth-order valence-electron chi connectivity index (χ4n) is 4.83. The second-order valence-electron chi connectivity index (χ2n) is 10.3. The number of nitrogens with two attached hydrogens (primary N) is 2. The van der Waals surface area contributed by atoms with Crippen LogP contribution in [0.1, 0.15) is 49.4 Å². The number of rotatable bonds is 9. The van der Waals surface area contributed by atoms with E-state index < -0.39 is 5.79 Å². The first kappa shape index (κ1) is 30.1. The first-order valence-corrected chi connectivity index (χ1v) is 13.4. The van der Waals surface area contributed by atoms with E-state index in [-0.39, 0.29) is 11.9 Å². The number of nitrogens with zero attached hydrogens (tertiary/aromatic N) is 3. The van der Waals surface area contributed by atoms with Gasteiger partial charge in [0.1, 0.15) is 6.07 Å². The zero-order chi connectivity index (χ0) is 28.6. The van der Waals surface area contributed by atoms with Gasteiger partial charge in [0, 0.05) is 37.1 Å². The zero-order valence-electron chi connectivity index (χ0n) is 23.7. The maximum Gasteiger partial charge on any atom is 0.246 e. The van der Waals surface area contributed by atoms with Crippen LogP contribution in [0.4, 0.5) is 0 Å². The number of allylic oxidation sites excluding steroid dienone is 1. The molecule has 9 nitrogen and oxygen atoms in total. The highest BCUT2D eigenvalue weighted by Crippen LogP contribution is 2.29. The molecule has 1 saturated heterocycles. The predicted octanol–water partition coefficient (Wildman–Crippen LogP) is 3.61. The fourth-order valence-corrected chi connectivity index (χ4v) is 4.83. The van der Waals surface area contributed by atoms with Crippen molar-refractivity contribution in [3.05, 3.63) is 76.7 Å². The summed E-state index contributed by atoms with van der Waals surface area (Å²) in [4.78, 5) is 12.1. The molecule has 0 aliphatic carbocycles. The molecule has 1 fully saturated rings. The second kappa shape index (κ2) is 13.6. The van der Waals surface area contributed by atoms with Crippen LogP contribution in [0.15, 0.2) is 59.4 Å². The molecule has 0 atom stereocenters. The summed E-state index contributed by atoms with van der Waals surface area (Å²) in [6.45, 7) is 20.0. The van der Waals surface area contributed by atoms with Crippen molar-refractivity contribution in [2.45, 2.75) is 58.8 Å². The summed E-state index contributed by atoms with van der Waals surface area (Å²) >= 11 is 0. The summed E-state index contributed by atoms with van der Waals surface area (Å²) in [5.41, 5.74) is 12.1. The van der Waals surface area contributed by atoms with Crippen LogP contribution in [0.2, 0.25) is 0 Å². The molecule has 2 aliphatic heterocycles. The zero-order valence-corrected chi connectivity index (χ0v) is 23.7. The van der Waals surface area contributed by atoms with Crippen molar-refractivity contribution in [2.75, 3.05) is 32.8 Å². The number of aliphatic imine (C=N–C) groups is 1. The standard InChI is InChI=1S/C30H42N6O3/c1-7-12-34-21(3)24(16-31)15-25(17-32)29(39-33)35-22(4)27-9-8-23-10-13-36(14-11-28(23)20(27)2)26-18-37-30(5,6)38-19-26/h8-9,15,17,26,34H,3-4,7,10-14,18-19,32-33H2,1-2,5-6H3/b24-15-,25-17+,35-29-. The lowest BCUT2D eigenvalue weighted by Gasteiger charge is -2.39. The van der Waals surface area contributed by atoms with Crippen molar-refractivity contribution < 1.29 is 14.3 Å². The Morgan fingerprint density at radius 3 is 2.59 bits per heavy atom. The molecule has 2 aliphatic rings. The van der Waals surface area contributed by atoms with Gasteiger partial charge >= 0.3 is 0 Å². The molecule has 0 unspecified atom stereocenters. The molecular formula is C30H42N6O3. The number of benzene rings is 1. The summed E-state index contributed by atoms with van der Waals surface area (Å²) in [7, 11) is 0. The Bertz CT molecular complexity index is 1200. The molecule has 0 bridgehead atoms. The first-order chi connectivity index (χ1) is 18.6. The van der Waals surface area contributed by atoms with Crippen LogP contribution in [0.5, 0.6) is 0 Å². The molecule has 0 amide bonds. The van der Waals surface area contributed by atoms with Crippen LogP contribution in [0, 0.1) is 18.3 Å². The van der Waals surface area contributed by atoms with Crippen molar-refractivity contribution in [2.24, 2.45) is 16.6 Å². The molecule has 0 saturated carbocycles. The van der Waals surface area contributed by atoms with Crippen LogP contribution in [0.3, 0.4) is 0 Å². The number of hydrogen-bond acceptors (Lipinski definition) is 9. The summed E-state index contributed by atoms with van der Waals surface area (Å²) in [5.74, 6) is 5.11. The highest BCUT2D eigenvalue weighted by molar-refractivity contribution is 5.99. The van der Waals surface area contributed by atoms with Crippen LogP contribution < -0.4 is 16.9 Å². The van der Waals surface area contributed by atoms with Gasteiger partial charge in [-0.25, -0.2) is 4.99 Å². The molecule has 3 rings (SSSR count). The van der Waals surface area contributed by atoms with Gasteiger partial charge in [-0.2, -0.15) is 11.2 Å². The maximum atomic E-state index is 9.62. The minimum absolute atomic E-state index is 0.0549. The Balaban J connectivity index is 1.80. The minimum atomic E-state index is -0.519. The Kier molecular flexibility index (Phi) is 10.5. The van der Waals surface area contributed by atoms with E-state index in [4.69, 9.17) is 25.9 Å². The third-order valence-electron chi connectivity index (χ3n) is 7.20. The van der Waals surface area contributed by atoms with Crippen LogP contribution in [-0.2, 0) is 27.2 Å². The summed E-state index contributed by atoms with van der Waals surface area (Å²) in [6, 6.07) is 6.57. The maximum absolute atomic E-state index is 9.62. The van der Waals surface area contributed by atoms with Gasteiger partial charge in [-0.15, -0.1) is 0 Å². The van der Waals surface area contributed by atoms with E-state index in [1.807, 2.05) is 26.8 Å². The molecule has 9 heteroatoms. The van der Waals surface area contributed by atoms with Crippen molar-refractivity contribution in [3.63, 3.8) is 0 Å². The number of ether oxygens (including phenoxy) is 2. The molecule has 5 N–H and O–H groups in total. The molecular weight excluding hydrogens is 492 g/mol. The smallest absolute Gasteiger partial charge is 0.246 e.